The third kappa shape index (κ3) is 3.90. The number of para-hydroxylation sites is 2. The van der Waals surface area contributed by atoms with Gasteiger partial charge in [0.15, 0.2) is 17.3 Å². The third-order valence-corrected chi connectivity index (χ3v) is 9.26. The van der Waals surface area contributed by atoms with Crippen LogP contribution in [0.15, 0.2) is 128 Å². The molecule has 0 radical (unpaired) electrons. The highest BCUT2D eigenvalue weighted by atomic mass is 16.5. The first kappa shape index (κ1) is 25.5. The number of rotatable bonds is 5. The summed E-state index contributed by atoms with van der Waals surface area (Å²) in [7, 11) is 0. The highest BCUT2D eigenvalue weighted by Crippen LogP contribution is 2.53. The van der Waals surface area contributed by atoms with Crippen molar-refractivity contribution in [3.8, 4) is 45.0 Å². The first-order chi connectivity index (χ1) is 21.2. The largest absolute Gasteiger partial charge is 0.451 e. The summed E-state index contributed by atoms with van der Waals surface area (Å²) in [5, 5.41) is 0. The van der Waals surface area contributed by atoms with Crippen LogP contribution >= 0.6 is 0 Å². The van der Waals surface area contributed by atoms with Crippen LogP contribution in [0.2, 0.25) is 0 Å². The highest BCUT2D eigenvalue weighted by molar-refractivity contribution is 5.87. The van der Waals surface area contributed by atoms with Crippen LogP contribution in [0.4, 0.5) is 17.2 Å². The fourth-order valence-electron chi connectivity index (χ4n) is 7.07. The molecule has 8 rings (SSSR count). The summed E-state index contributed by atoms with van der Waals surface area (Å²) in [5.41, 5.74) is 12.0. The molecule has 4 nitrogen and oxygen atoms in total. The number of aromatic nitrogens is 2. The molecule has 0 atom stereocenters. The van der Waals surface area contributed by atoms with Crippen molar-refractivity contribution in [1.29, 1.82) is 0 Å². The molecule has 0 unspecified atom stereocenters. The van der Waals surface area contributed by atoms with E-state index in [-0.39, 0.29) is 5.41 Å². The number of ether oxygens (including phenoxy) is 1. The molecular formula is C39H31N3O. The van der Waals surface area contributed by atoms with Crippen LogP contribution in [0.1, 0.15) is 37.8 Å². The van der Waals surface area contributed by atoms with Crippen LogP contribution in [-0.2, 0) is 5.41 Å². The van der Waals surface area contributed by atoms with E-state index in [9.17, 15) is 0 Å². The molecule has 43 heavy (non-hydrogen) atoms. The Balaban J connectivity index is 1.20. The van der Waals surface area contributed by atoms with Gasteiger partial charge in [-0.1, -0.05) is 74.5 Å². The number of nitrogens with zero attached hydrogens (tertiary/aromatic N) is 3. The van der Waals surface area contributed by atoms with E-state index in [1.54, 1.807) is 6.20 Å². The Morgan fingerprint density at radius 3 is 2.30 bits per heavy atom. The lowest BCUT2D eigenvalue weighted by Crippen LogP contribution is -2.23. The maximum atomic E-state index is 6.18. The van der Waals surface area contributed by atoms with Gasteiger partial charge in [-0.3, -0.25) is 9.88 Å². The topological polar surface area (TPSA) is 38.2 Å². The summed E-state index contributed by atoms with van der Waals surface area (Å²) < 4.78 is 6.18. The van der Waals surface area contributed by atoms with Crippen LogP contribution in [0, 0.1) is 0 Å². The molecule has 3 heterocycles. The van der Waals surface area contributed by atoms with Gasteiger partial charge in [0.1, 0.15) is 0 Å². The molecule has 4 aromatic carbocycles. The summed E-state index contributed by atoms with van der Waals surface area (Å²) in [6.07, 6.45) is 5.88. The second-order valence-electron chi connectivity index (χ2n) is 11.3. The number of fused-ring (bicyclic) bond motifs is 5. The van der Waals surface area contributed by atoms with E-state index in [0.717, 1.165) is 52.8 Å². The van der Waals surface area contributed by atoms with Crippen LogP contribution < -0.4 is 9.64 Å². The van der Waals surface area contributed by atoms with Crippen molar-refractivity contribution in [1.82, 2.24) is 9.97 Å². The maximum Gasteiger partial charge on any atom is 0.181 e. The Bertz CT molecular complexity index is 1960. The van der Waals surface area contributed by atoms with Gasteiger partial charge < -0.3 is 4.74 Å². The van der Waals surface area contributed by atoms with Crippen LogP contribution in [0.25, 0.3) is 33.5 Å². The molecule has 208 valence electrons. The normalized spacial score (nSPS) is 13.9. The standard InChI is InChI=1S/C39H31N3O/c1-3-39(4-2)32-14-6-5-13-30(32)31-19-18-26(24-33(31)39)27-20-22-40-34(25-27)28-11-9-12-29(23-28)42-35-15-7-8-16-36(35)43-37-17-10-21-41-38(37)42/h5-25H,3-4H2,1-2H3. The zero-order valence-electron chi connectivity index (χ0n) is 24.3. The summed E-state index contributed by atoms with van der Waals surface area (Å²) in [4.78, 5) is 11.7. The lowest BCUT2D eigenvalue weighted by Gasteiger charge is -2.31. The minimum atomic E-state index is 0.0465. The molecule has 0 fully saturated rings. The van der Waals surface area contributed by atoms with Crippen LogP contribution in [-0.4, -0.2) is 9.97 Å². The van der Waals surface area contributed by atoms with Crippen LogP contribution in [0.3, 0.4) is 0 Å². The summed E-state index contributed by atoms with van der Waals surface area (Å²) in [6, 6.07) is 40.7. The second kappa shape index (κ2) is 9.95. The van der Waals surface area contributed by atoms with Crippen molar-refractivity contribution in [3.63, 3.8) is 0 Å². The average Bonchev–Trinajstić information content (AvgIpc) is 3.36. The van der Waals surface area contributed by atoms with Crippen molar-refractivity contribution in [3.05, 3.63) is 139 Å². The van der Waals surface area contributed by atoms with Gasteiger partial charge in [-0.2, -0.15) is 0 Å². The number of hydrogen-bond acceptors (Lipinski definition) is 4. The highest BCUT2D eigenvalue weighted by Gasteiger charge is 2.40. The second-order valence-corrected chi connectivity index (χ2v) is 11.3. The molecule has 0 saturated carbocycles. The van der Waals surface area contributed by atoms with E-state index >= 15 is 0 Å². The predicted molar refractivity (Wildman–Crippen MR) is 174 cm³/mol. The van der Waals surface area contributed by atoms with E-state index in [1.165, 1.54) is 33.4 Å². The van der Waals surface area contributed by atoms with E-state index in [0.29, 0.717) is 0 Å². The summed E-state index contributed by atoms with van der Waals surface area (Å²) >= 11 is 0. The van der Waals surface area contributed by atoms with E-state index in [4.69, 9.17) is 9.72 Å². The monoisotopic (exact) mass is 557 g/mol. The van der Waals surface area contributed by atoms with Gasteiger partial charge in [0.05, 0.1) is 11.4 Å². The molecule has 0 saturated heterocycles. The van der Waals surface area contributed by atoms with Crippen molar-refractivity contribution in [2.24, 2.45) is 0 Å². The molecule has 6 aromatic rings. The van der Waals surface area contributed by atoms with Gasteiger partial charge in [-0.15, -0.1) is 0 Å². The first-order valence-electron chi connectivity index (χ1n) is 15.0. The Morgan fingerprint density at radius 1 is 0.605 bits per heavy atom. The van der Waals surface area contributed by atoms with Crippen molar-refractivity contribution < 1.29 is 4.74 Å². The van der Waals surface area contributed by atoms with Gasteiger partial charge >= 0.3 is 0 Å². The minimum Gasteiger partial charge on any atom is -0.451 e. The van der Waals surface area contributed by atoms with E-state index < -0.39 is 0 Å². The minimum absolute atomic E-state index is 0.0465. The smallest absolute Gasteiger partial charge is 0.181 e. The number of benzene rings is 4. The van der Waals surface area contributed by atoms with E-state index in [2.05, 4.69) is 109 Å². The van der Waals surface area contributed by atoms with Gasteiger partial charge in [0.25, 0.3) is 0 Å². The zero-order valence-corrected chi connectivity index (χ0v) is 24.3. The molecule has 0 N–H and O–H groups in total. The molecule has 2 aromatic heterocycles. The Kier molecular flexibility index (Phi) is 5.90. The van der Waals surface area contributed by atoms with Gasteiger partial charge in [-0.05, 0) is 101 Å². The fourth-order valence-corrected chi connectivity index (χ4v) is 7.07. The van der Waals surface area contributed by atoms with Crippen molar-refractivity contribution >= 4 is 17.2 Å². The average molecular weight is 558 g/mol. The molecule has 4 heteroatoms. The number of pyridine rings is 2. The number of anilines is 3. The predicted octanol–water partition coefficient (Wildman–Crippen LogP) is 10.5. The summed E-state index contributed by atoms with van der Waals surface area (Å²) in [5.74, 6) is 2.32. The molecule has 0 spiro atoms. The molecular weight excluding hydrogens is 526 g/mol. The number of hydrogen-bond donors (Lipinski definition) is 0. The molecule has 1 aliphatic heterocycles. The Morgan fingerprint density at radius 2 is 1.40 bits per heavy atom. The first-order valence-corrected chi connectivity index (χ1v) is 15.0. The third-order valence-electron chi connectivity index (χ3n) is 9.26. The van der Waals surface area contributed by atoms with Gasteiger partial charge in [0, 0.05) is 29.1 Å². The van der Waals surface area contributed by atoms with Crippen molar-refractivity contribution in [2.75, 3.05) is 4.90 Å². The maximum absolute atomic E-state index is 6.18. The van der Waals surface area contributed by atoms with Gasteiger partial charge in [-0.25, -0.2) is 4.98 Å². The van der Waals surface area contributed by atoms with Gasteiger partial charge in [0.2, 0.25) is 0 Å². The van der Waals surface area contributed by atoms with E-state index in [1.807, 2.05) is 36.5 Å². The lowest BCUT2D eigenvalue weighted by molar-refractivity contribution is 0.474. The quantitative estimate of drug-likeness (QED) is 0.211. The Labute approximate surface area is 252 Å². The SMILES string of the molecule is CCC1(CC)c2ccccc2-c2ccc(-c3ccnc(-c4cccc(N5c6ccccc6Oc6cccnc65)c4)c3)cc21. The van der Waals surface area contributed by atoms with Crippen molar-refractivity contribution in [2.45, 2.75) is 32.1 Å². The zero-order chi connectivity index (χ0) is 29.0. The summed E-state index contributed by atoms with van der Waals surface area (Å²) in [6.45, 7) is 4.64. The molecule has 1 aliphatic carbocycles. The Hall–Kier alpha value is -5.22. The molecule has 0 bridgehead atoms. The molecule has 0 amide bonds. The lowest BCUT2D eigenvalue weighted by atomic mass is 9.73. The molecule has 2 aliphatic rings. The fraction of sp³-hybridized carbons (Fsp3) is 0.128. The van der Waals surface area contributed by atoms with Crippen LogP contribution in [0.5, 0.6) is 11.5 Å².